The van der Waals surface area contributed by atoms with Gasteiger partial charge in [-0.1, -0.05) is 12.2 Å². The van der Waals surface area contributed by atoms with Crippen molar-refractivity contribution in [3.8, 4) is 0 Å². The molecule has 2 N–H and O–H groups in total. The Balaban J connectivity index is 2.33. The Kier molecular flexibility index (Phi) is 4.89. The van der Waals surface area contributed by atoms with E-state index in [1.165, 1.54) is 0 Å². The number of nitrogens with zero attached hydrogens (tertiary/aromatic N) is 2. The number of piperidine rings is 1. The second kappa shape index (κ2) is 6.65. The summed E-state index contributed by atoms with van der Waals surface area (Å²) in [4.78, 5) is 18.7. The molecule has 5 nitrogen and oxygen atoms in total. The number of pyridine rings is 1. The third-order valence-electron chi connectivity index (χ3n) is 3.39. The normalized spacial score (nSPS) is 18.6. The van der Waals surface area contributed by atoms with Gasteiger partial charge < -0.3 is 15.4 Å². The van der Waals surface area contributed by atoms with Gasteiger partial charge in [0.1, 0.15) is 16.8 Å². The van der Waals surface area contributed by atoms with Crippen LogP contribution in [-0.2, 0) is 9.53 Å². The summed E-state index contributed by atoms with van der Waals surface area (Å²) in [7, 11) is 0. The molecule has 1 fully saturated rings. The molecular weight excluding hydrogens is 274 g/mol. The molecule has 20 heavy (non-hydrogen) atoms. The molecule has 1 aromatic rings. The molecule has 0 bridgehead atoms. The highest BCUT2D eigenvalue weighted by molar-refractivity contribution is 7.80. The number of hydrogen-bond donors (Lipinski definition) is 1. The van der Waals surface area contributed by atoms with Gasteiger partial charge in [0.2, 0.25) is 0 Å². The lowest BCUT2D eigenvalue weighted by Crippen LogP contribution is -2.46. The lowest BCUT2D eigenvalue weighted by atomic mass is 10.0. The second-order valence-electron chi connectivity index (χ2n) is 4.70. The second-order valence-corrected chi connectivity index (χ2v) is 5.14. The number of aromatic nitrogens is 1. The van der Waals surface area contributed by atoms with Gasteiger partial charge in [0, 0.05) is 12.7 Å². The summed E-state index contributed by atoms with van der Waals surface area (Å²) < 4.78 is 5.16. The summed E-state index contributed by atoms with van der Waals surface area (Å²) in [6, 6.07) is 3.33. The van der Waals surface area contributed by atoms with Crippen molar-refractivity contribution in [2.45, 2.75) is 32.2 Å². The zero-order chi connectivity index (χ0) is 14.5. The first-order valence-electron chi connectivity index (χ1n) is 6.83. The van der Waals surface area contributed by atoms with Crippen molar-refractivity contribution in [2.24, 2.45) is 5.73 Å². The minimum absolute atomic E-state index is 0.202. The number of esters is 1. The Hall–Kier alpha value is -1.69. The molecule has 0 amide bonds. The standard InChI is InChI=1S/C14H19N3O2S/c1-2-19-14(18)11-7-3-4-9-17(11)13-10(12(15)20)6-5-8-16-13/h5-6,8,11H,2-4,7,9H2,1H3,(H2,15,20). The van der Waals surface area contributed by atoms with E-state index in [1.807, 2.05) is 17.9 Å². The van der Waals surface area contributed by atoms with Gasteiger partial charge in [0.25, 0.3) is 0 Å². The van der Waals surface area contributed by atoms with Gasteiger partial charge >= 0.3 is 5.97 Å². The highest BCUT2D eigenvalue weighted by atomic mass is 32.1. The molecule has 0 saturated carbocycles. The number of nitrogens with two attached hydrogens (primary N) is 1. The van der Waals surface area contributed by atoms with E-state index >= 15 is 0 Å². The maximum Gasteiger partial charge on any atom is 0.328 e. The van der Waals surface area contributed by atoms with Crippen LogP contribution in [0.1, 0.15) is 31.7 Å². The van der Waals surface area contributed by atoms with Gasteiger partial charge in [-0.05, 0) is 38.3 Å². The minimum atomic E-state index is -0.299. The average Bonchev–Trinajstić information content (AvgIpc) is 2.47. The lowest BCUT2D eigenvalue weighted by Gasteiger charge is -2.35. The fourth-order valence-corrected chi connectivity index (χ4v) is 2.65. The number of thiocarbonyl (C=S) groups is 1. The molecule has 108 valence electrons. The molecule has 1 atom stereocenters. The number of carbonyl (C=O) groups excluding carboxylic acids is 1. The van der Waals surface area contributed by atoms with Crippen molar-refractivity contribution in [1.29, 1.82) is 0 Å². The summed E-state index contributed by atoms with van der Waals surface area (Å²) in [5.74, 6) is 0.476. The Morgan fingerprint density at radius 3 is 3.10 bits per heavy atom. The third kappa shape index (κ3) is 3.07. The monoisotopic (exact) mass is 293 g/mol. The Bertz CT molecular complexity index is 507. The molecular formula is C14H19N3O2S. The van der Waals surface area contributed by atoms with E-state index in [0.717, 1.165) is 25.8 Å². The number of ether oxygens (including phenoxy) is 1. The molecule has 0 aromatic carbocycles. The Labute approximate surface area is 124 Å². The van der Waals surface area contributed by atoms with Crippen LogP contribution in [0.5, 0.6) is 0 Å². The Morgan fingerprint density at radius 1 is 1.60 bits per heavy atom. The number of rotatable bonds is 4. The summed E-state index contributed by atoms with van der Waals surface area (Å²) in [6.45, 7) is 2.95. The molecule has 0 aliphatic carbocycles. The summed E-state index contributed by atoms with van der Waals surface area (Å²) in [5, 5.41) is 0. The van der Waals surface area contributed by atoms with Crippen molar-refractivity contribution in [3.05, 3.63) is 23.9 Å². The lowest BCUT2D eigenvalue weighted by molar-refractivity contribution is -0.145. The van der Waals surface area contributed by atoms with Gasteiger partial charge in [-0.2, -0.15) is 0 Å². The molecule has 1 aliphatic heterocycles. The SMILES string of the molecule is CCOC(=O)C1CCCCN1c1ncccc1C(N)=S. The van der Waals surface area contributed by atoms with Gasteiger partial charge in [0.15, 0.2) is 0 Å². The minimum Gasteiger partial charge on any atom is -0.464 e. The molecule has 1 aromatic heterocycles. The van der Waals surface area contributed by atoms with Crippen LogP contribution in [0.15, 0.2) is 18.3 Å². The maximum absolute atomic E-state index is 12.1. The number of hydrogen-bond acceptors (Lipinski definition) is 5. The van der Waals surface area contributed by atoms with Crippen LogP contribution in [0, 0.1) is 0 Å². The fourth-order valence-electron chi connectivity index (χ4n) is 2.49. The first-order valence-corrected chi connectivity index (χ1v) is 7.24. The molecule has 1 unspecified atom stereocenters. The zero-order valence-corrected chi connectivity index (χ0v) is 12.4. The topological polar surface area (TPSA) is 68.5 Å². The quantitative estimate of drug-likeness (QED) is 0.672. The Morgan fingerprint density at radius 2 is 2.40 bits per heavy atom. The van der Waals surface area contributed by atoms with Crippen molar-refractivity contribution in [1.82, 2.24) is 4.98 Å². The van der Waals surface area contributed by atoms with Crippen LogP contribution < -0.4 is 10.6 Å². The average molecular weight is 293 g/mol. The van der Waals surface area contributed by atoms with Crippen LogP contribution in [0.4, 0.5) is 5.82 Å². The van der Waals surface area contributed by atoms with E-state index in [1.54, 1.807) is 12.3 Å². The first-order chi connectivity index (χ1) is 9.65. The van der Waals surface area contributed by atoms with Crippen LogP contribution in [0.2, 0.25) is 0 Å². The van der Waals surface area contributed by atoms with E-state index in [4.69, 9.17) is 22.7 Å². The molecule has 0 spiro atoms. The van der Waals surface area contributed by atoms with Crippen LogP contribution in [0.3, 0.4) is 0 Å². The van der Waals surface area contributed by atoms with E-state index in [2.05, 4.69) is 4.98 Å². The van der Waals surface area contributed by atoms with Gasteiger partial charge in [-0.3, -0.25) is 0 Å². The smallest absolute Gasteiger partial charge is 0.328 e. The van der Waals surface area contributed by atoms with Crippen molar-refractivity contribution in [3.63, 3.8) is 0 Å². The van der Waals surface area contributed by atoms with Gasteiger partial charge in [-0.15, -0.1) is 0 Å². The molecule has 0 radical (unpaired) electrons. The van der Waals surface area contributed by atoms with Gasteiger partial charge in [0.05, 0.1) is 12.2 Å². The van der Waals surface area contributed by atoms with Crippen molar-refractivity contribution >= 4 is 29.0 Å². The third-order valence-corrected chi connectivity index (χ3v) is 3.61. The molecule has 2 rings (SSSR count). The molecule has 1 aliphatic rings. The van der Waals surface area contributed by atoms with E-state index < -0.39 is 0 Å². The van der Waals surface area contributed by atoms with Crippen molar-refractivity contribution < 1.29 is 9.53 Å². The number of carbonyl (C=O) groups is 1. The highest BCUT2D eigenvalue weighted by Gasteiger charge is 2.32. The maximum atomic E-state index is 12.1. The van der Waals surface area contributed by atoms with Crippen LogP contribution in [0.25, 0.3) is 0 Å². The molecule has 1 saturated heterocycles. The predicted octanol–water partition coefficient (Wildman–Crippen LogP) is 1.64. The predicted molar refractivity (Wildman–Crippen MR) is 81.7 cm³/mol. The zero-order valence-electron chi connectivity index (χ0n) is 11.5. The van der Waals surface area contributed by atoms with E-state index in [9.17, 15) is 4.79 Å². The highest BCUT2D eigenvalue weighted by Crippen LogP contribution is 2.26. The summed E-state index contributed by atoms with van der Waals surface area (Å²) in [5.41, 5.74) is 6.46. The number of anilines is 1. The molecule has 2 heterocycles. The van der Waals surface area contributed by atoms with Crippen LogP contribution >= 0.6 is 12.2 Å². The van der Waals surface area contributed by atoms with Crippen molar-refractivity contribution in [2.75, 3.05) is 18.1 Å². The first kappa shape index (κ1) is 14.7. The largest absolute Gasteiger partial charge is 0.464 e. The summed E-state index contributed by atoms with van der Waals surface area (Å²) in [6.07, 6.45) is 4.48. The fraction of sp³-hybridized carbons (Fsp3) is 0.500. The molecule has 6 heteroatoms. The van der Waals surface area contributed by atoms with Crippen LogP contribution in [-0.4, -0.2) is 35.1 Å². The van der Waals surface area contributed by atoms with E-state index in [0.29, 0.717) is 23.0 Å². The summed E-state index contributed by atoms with van der Waals surface area (Å²) >= 11 is 5.07. The van der Waals surface area contributed by atoms with Gasteiger partial charge in [-0.25, -0.2) is 9.78 Å². The van der Waals surface area contributed by atoms with E-state index in [-0.39, 0.29) is 12.0 Å².